The highest BCUT2D eigenvalue weighted by Gasteiger charge is 2.39. The van der Waals surface area contributed by atoms with E-state index in [2.05, 4.69) is 6.92 Å². The molecule has 0 aromatic rings. The molecule has 1 rings (SSSR count). The predicted molar refractivity (Wildman–Crippen MR) is 75.5 cm³/mol. The second kappa shape index (κ2) is 7.60. The maximum Gasteiger partial charge on any atom is 0.500 e. The van der Waals surface area contributed by atoms with Gasteiger partial charge < -0.3 is 17.8 Å². The van der Waals surface area contributed by atoms with Crippen LogP contribution in [0.5, 0.6) is 0 Å². The van der Waals surface area contributed by atoms with Gasteiger partial charge >= 0.3 is 8.80 Å². The molecule has 0 radical (unpaired) electrons. The fourth-order valence-electron chi connectivity index (χ4n) is 3.23. The highest BCUT2D eigenvalue weighted by atomic mass is 28.4. The van der Waals surface area contributed by atoms with Crippen LogP contribution in [-0.2, 0) is 13.3 Å². The molecule has 18 heavy (non-hydrogen) atoms. The smallest absolute Gasteiger partial charge is 0.377 e. The van der Waals surface area contributed by atoms with Crippen LogP contribution in [0, 0.1) is 0 Å². The van der Waals surface area contributed by atoms with Gasteiger partial charge in [0, 0.05) is 46.6 Å². The molecule has 0 N–H and O–H groups in total. The second-order valence-electron chi connectivity index (χ2n) is 5.34. The minimum atomic E-state index is -2.36. The summed E-state index contributed by atoms with van der Waals surface area (Å²) in [5, 5.41) is 0. The lowest BCUT2D eigenvalue weighted by atomic mass is 10.3. The highest BCUT2D eigenvalue weighted by Crippen LogP contribution is 2.23. The fourth-order valence-corrected chi connectivity index (χ4v) is 4.93. The number of nitrogens with zero attached hydrogens (tertiary/aromatic N) is 1. The monoisotopic (exact) mass is 276 g/mol. The summed E-state index contributed by atoms with van der Waals surface area (Å²) < 4.78 is 17.7. The predicted octanol–water partition coefficient (Wildman–Crippen LogP) is 2.28. The summed E-state index contributed by atoms with van der Waals surface area (Å²) in [5.74, 6) is 0. The molecule has 0 aromatic heterocycles. The molecule has 0 bridgehead atoms. The van der Waals surface area contributed by atoms with Crippen LogP contribution in [0.15, 0.2) is 0 Å². The van der Waals surface area contributed by atoms with E-state index in [4.69, 9.17) is 13.3 Å². The molecule has 0 unspecified atom stereocenters. The summed E-state index contributed by atoms with van der Waals surface area (Å²) in [4.78, 5) is 0. The summed E-state index contributed by atoms with van der Waals surface area (Å²) in [7, 11) is 2.74. The van der Waals surface area contributed by atoms with Crippen molar-refractivity contribution < 1.29 is 17.8 Å². The number of hydrogen-bond acceptors (Lipinski definition) is 3. The van der Waals surface area contributed by atoms with E-state index in [0.29, 0.717) is 0 Å². The van der Waals surface area contributed by atoms with Crippen LogP contribution >= 0.6 is 0 Å². The van der Waals surface area contributed by atoms with Gasteiger partial charge in [-0.15, -0.1) is 0 Å². The van der Waals surface area contributed by atoms with Crippen molar-refractivity contribution in [2.75, 3.05) is 47.5 Å². The standard InChI is InChI=1S/C13H30NO3Si/c1-5-9-14(10-6-7-11-14)12-8-13-18(15-2,16-3)17-4/h5-13H2,1-4H3/q+1. The molecule has 1 heterocycles. The average Bonchev–Trinajstić information content (AvgIpc) is 2.85. The minimum Gasteiger partial charge on any atom is -0.377 e. The largest absolute Gasteiger partial charge is 0.500 e. The maximum absolute atomic E-state index is 5.48. The van der Waals surface area contributed by atoms with E-state index >= 15 is 0 Å². The number of hydrogen-bond donors (Lipinski definition) is 0. The van der Waals surface area contributed by atoms with Gasteiger partial charge in [-0.2, -0.15) is 0 Å². The molecule has 0 aliphatic carbocycles. The van der Waals surface area contributed by atoms with Crippen molar-refractivity contribution in [3.63, 3.8) is 0 Å². The second-order valence-corrected chi connectivity index (χ2v) is 8.43. The first kappa shape index (κ1) is 16.1. The zero-order valence-corrected chi connectivity index (χ0v) is 13.5. The van der Waals surface area contributed by atoms with Gasteiger partial charge in [0.25, 0.3) is 0 Å². The zero-order valence-electron chi connectivity index (χ0n) is 12.5. The van der Waals surface area contributed by atoms with Crippen LogP contribution in [0.4, 0.5) is 0 Å². The molecular weight excluding hydrogens is 246 g/mol. The molecule has 1 saturated heterocycles. The van der Waals surface area contributed by atoms with Gasteiger partial charge in [0.1, 0.15) is 0 Å². The third-order valence-electron chi connectivity index (χ3n) is 4.26. The lowest BCUT2D eigenvalue weighted by Crippen LogP contribution is -2.48. The first-order valence-corrected chi connectivity index (χ1v) is 9.09. The van der Waals surface area contributed by atoms with Crippen LogP contribution in [0.2, 0.25) is 6.04 Å². The number of rotatable bonds is 9. The van der Waals surface area contributed by atoms with Gasteiger partial charge in [0.05, 0.1) is 26.2 Å². The van der Waals surface area contributed by atoms with Gasteiger partial charge in [0.15, 0.2) is 0 Å². The van der Waals surface area contributed by atoms with Crippen molar-refractivity contribution in [3.8, 4) is 0 Å². The van der Waals surface area contributed by atoms with Crippen LogP contribution in [0.1, 0.15) is 32.6 Å². The summed E-state index contributed by atoms with van der Waals surface area (Å²) >= 11 is 0. The molecule has 0 aromatic carbocycles. The van der Waals surface area contributed by atoms with Crippen molar-refractivity contribution in [1.82, 2.24) is 0 Å². The Morgan fingerprint density at radius 2 is 1.50 bits per heavy atom. The van der Waals surface area contributed by atoms with Crippen LogP contribution in [-0.4, -0.2) is 60.8 Å². The van der Waals surface area contributed by atoms with Crippen LogP contribution in [0.25, 0.3) is 0 Å². The third-order valence-corrected chi connectivity index (χ3v) is 7.09. The van der Waals surface area contributed by atoms with Gasteiger partial charge in [0.2, 0.25) is 0 Å². The van der Waals surface area contributed by atoms with E-state index < -0.39 is 8.80 Å². The van der Waals surface area contributed by atoms with Crippen LogP contribution in [0.3, 0.4) is 0 Å². The topological polar surface area (TPSA) is 27.7 Å². The normalized spacial score (nSPS) is 19.3. The Balaban J connectivity index is 2.43. The van der Waals surface area contributed by atoms with Crippen molar-refractivity contribution in [3.05, 3.63) is 0 Å². The Bertz CT molecular complexity index is 220. The van der Waals surface area contributed by atoms with E-state index in [1.54, 1.807) is 21.3 Å². The lowest BCUT2D eigenvalue weighted by molar-refractivity contribution is -0.916. The van der Waals surface area contributed by atoms with Gasteiger partial charge in [-0.25, -0.2) is 0 Å². The molecule has 4 nitrogen and oxygen atoms in total. The van der Waals surface area contributed by atoms with E-state index in [-0.39, 0.29) is 0 Å². The Labute approximate surface area is 113 Å². The van der Waals surface area contributed by atoms with Crippen LogP contribution < -0.4 is 0 Å². The Morgan fingerprint density at radius 1 is 0.944 bits per heavy atom. The van der Waals surface area contributed by atoms with Crippen molar-refractivity contribution in [1.29, 1.82) is 0 Å². The highest BCUT2D eigenvalue weighted by molar-refractivity contribution is 6.60. The molecule has 1 aliphatic rings. The first-order chi connectivity index (χ1) is 8.66. The van der Waals surface area contributed by atoms with E-state index in [0.717, 1.165) is 12.5 Å². The number of likely N-dealkylation sites (tertiary alicyclic amines) is 1. The first-order valence-electron chi connectivity index (χ1n) is 7.16. The SMILES string of the molecule is CCC[N+]1(CCC[Si](OC)(OC)OC)CCCC1. The van der Waals surface area contributed by atoms with Gasteiger partial charge in [-0.05, 0) is 6.42 Å². The Kier molecular flexibility index (Phi) is 6.80. The maximum atomic E-state index is 5.48. The van der Waals surface area contributed by atoms with Crippen molar-refractivity contribution >= 4 is 8.80 Å². The van der Waals surface area contributed by atoms with E-state index in [1.807, 2.05) is 0 Å². The zero-order chi connectivity index (χ0) is 13.5. The lowest BCUT2D eigenvalue weighted by Gasteiger charge is -2.35. The van der Waals surface area contributed by atoms with Gasteiger partial charge in [-0.1, -0.05) is 6.92 Å². The van der Waals surface area contributed by atoms with E-state index in [9.17, 15) is 0 Å². The molecule has 108 valence electrons. The minimum absolute atomic E-state index is 0.931. The molecular formula is C13H30NO3Si+. The molecule has 0 saturated carbocycles. The number of quaternary nitrogens is 1. The molecule has 1 aliphatic heterocycles. The third kappa shape index (κ3) is 4.03. The fraction of sp³-hybridized carbons (Fsp3) is 1.00. The molecule has 0 spiro atoms. The van der Waals surface area contributed by atoms with Gasteiger partial charge in [-0.3, -0.25) is 0 Å². The Hall–Kier alpha value is 0.0569. The molecule has 5 heteroatoms. The Morgan fingerprint density at radius 3 is 1.94 bits per heavy atom. The molecule has 1 fully saturated rings. The average molecular weight is 276 g/mol. The van der Waals surface area contributed by atoms with Crippen molar-refractivity contribution in [2.24, 2.45) is 0 Å². The molecule has 0 amide bonds. The van der Waals surface area contributed by atoms with Crippen molar-refractivity contribution in [2.45, 2.75) is 38.7 Å². The quantitative estimate of drug-likeness (QED) is 0.478. The summed E-state index contributed by atoms with van der Waals surface area (Å²) in [6.07, 6.45) is 5.20. The summed E-state index contributed by atoms with van der Waals surface area (Å²) in [6.45, 7) is 7.57. The summed E-state index contributed by atoms with van der Waals surface area (Å²) in [5.41, 5.74) is 0. The summed E-state index contributed by atoms with van der Waals surface area (Å²) in [6, 6.07) is 0.931. The molecule has 0 atom stereocenters. The van der Waals surface area contributed by atoms with E-state index in [1.165, 1.54) is 49.9 Å².